The summed E-state index contributed by atoms with van der Waals surface area (Å²) in [7, 11) is 0. The van der Waals surface area contributed by atoms with Crippen LogP contribution in [0.5, 0.6) is 0 Å². The Morgan fingerprint density at radius 3 is 2.67 bits per heavy atom. The number of likely N-dealkylation sites (N-methyl/N-ethyl adjacent to an activating group) is 1. The number of aromatic nitrogens is 2. The molecule has 0 saturated carbocycles. The second-order valence-corrected chi connectivity index (χ2v) is 6.77. The molecule has 0 aliphatic rings. The SMILES string of the molecule is CCN(CC)CCc1ccc2[nH]c(=O)n(C(=O)Nc3cccc(Cl)c3)c2c1. The van der Waals surface area contributed by atoms with Crippen LogP contribution in [0.3, 0.4) is 0 Å². The summed E-state index contributed by atoms with van der Waals surface area (Å²) in [6, 6.07) is 12.0. The maximum absolute atomic E-state index is 12.7. The fourth-order valence-electron chi connectivity index (χ4n) is 3.08. The van der Waals surface area contributed by atoms with Gasteiger partial charge in [-0.2, -0.15) is 0 Å². The number of carbonyl (C=O) groups is 1. The molecule has 0 radical (unpaired) electrons. The number of fused-ring (bicyclic) bond motifs is 1. The van der Waals surface area contributed by atoms with Crippen LogP contribution in [0.4, 0.5) is 10.5 Å². The first kappa shape index (κ1) is 19.2. The number of benzene rings is 2. The van der Waals surface area contributed by atoms with Crippen LogP contribution < -0.4 is 11.0 Å². The van der Waals surface area contributed by atoms with Crippen molar-refractivity contribution >= 4 is 34.4 Å². The molecule has 6 nitrogen and oxygen atoms in total. The van der Waals surface area contributed by atoms with Crippen molar-refractivity contribution in [2.24, 2.45) is 0 Å². The Bertz CT molecular complexity index is 1000. The molecule has 3 rings (SSSR count). The van der Waals surface area contributed by atoms with Crippen molar-refractivity contribution in [1.29, 1.82) is 0 Å². The molecule has 1 amide bonds. The Kier molecular flexibility index (Phi) is 5.98. The highest BCUT2D eigenvalue weighted by atomic mass is 35.5. The third kappa shape index (κ3) is 4.40. The molecule has 0 aliphatic heterocycles. The molecule has 3 aromatic rings. The minimum atomic E-state index is -0.519. The average molecular weight is 387 g/mol. The number of halogens is 1. The van der Waals surface area contributed by atoms with Crippen molar-refractivity contribution < 1.29 is 4.79 Å². The van der Waals surface area contributed by atoms with E-state index in [4.69, 9.17) is 11.6 Å². The van der Waals surface area contributed by atoms with Gasteiger partial charge in [0, 0.05) is 17.3 Å². The number of carbonyl (C=O) groups excluding carboxylic acids is 1. The number of hydrogen-bond donors (Lipinski definition) is 2. The summed E-state index contributed by atoms with van der Waals surface area (Å²) in [6.07, 6.45) is 0.854. The van der Waals surface area contributed by atoms with Crippen molar-refractivity contribution in [2.45, 2.75) is 20.3 Å². The third-order valence-electron chi connectivity index (χ3n) is 4.64. The number of imidazole rings is 1. The first-order valence-electron chi connectivity index (χ1n) is 9.04. The molecule has 0 fully saturated rings. The van der Waals surface area contributed by atoms with Gasteiger partial charge in [-0.25, -0.2) is 14.2 Å². The minimum Gasteiger partial charge on any atom is -0.307 e. The summed E-state index contributed by atoms with van der Waals surface area (Å²) in [5.74, 6) is 0. The van der Waals surface area contributed by atoms with Crippen molar-refractivity contribution in [2.75, 3.05) is 25.0 Å². The maximum Gasteiger partial charge on any atom is 0.334 e. The molecule has 0 aliphatic carbocycles. The smallest absolute Gasteiger partial charge is 0.307 e. The lowest BCUT2D eigenvalue weighted by atomic mass is 10.1. The summed E-state index contributed by atoms with van der Waals surface area (Å²) in [5, 5.41) is 3.23. The standard InChI is InChI=1S/C20H23ClN4O2/c1-3-24(4-2)11-10-14-8-9-17-18(12-14)25(20(27)23-17)19(26)22-16-7-5-6-15(21)13-16/h5-9,12-13H,3-4,10-11H2,1-2H3,(H,22,26)(H,23,27). The van der Waals surface area contributed by atoms with E-state index in [9.17, 15) is 9.59 Å². The molecule has 0 spiro atoms. The van der Waals surface area contributed by atoms with E-state index in [-0.39, 0.29) is 0 Å². The monoisotopic (exact) mass is 386 g/mol. The summed E-state index contributed by atoms with van der Waals surface area (Å²) >= 11 is 5.95. The van der Waals surface area contributed by atoms with Crippen LogP contribution in [0.15, 0.2) is 47.3 Å². The molecular weight excluding hydrogens is 364 g/mol. The fourth-order valence-corrected chi connectivity index (χ4v) is 3.27. The van der Waals surface area contributed by atoms with Crippen LogP contribution in [0.2, 0.25) is 5.02 Å². The number of aromatic amines is 1. The molecule has 1 heterocycles. The van der Waals surface area contributed by atoms with Gasteiger partial charge in [0.1, 0.15) is 0 Å². The summed E-state index contributed by atoms with van der Waals surface area (Å²) < 4.78 is 1.12. The van der Waals surface area contributed by atoms with Crippen LogP contribution in [0.25, 0.3) is 11.0 Å². The quantitative estimate of drug-likeness (QED) is 0.674. The zero-order valence-corrected chi connectivity index (χ0v) is 16.2. The van der Waals surface area contributed by atoms with Crippen LogP contribution >= 0.6 is 11.6 Å². The molecule has 1 aromatic heterocycles. The lowest BCUT2D eigenvalue weighted by Crippen LogP contribution is -2.29. The Balaban J connectivity index is 1.88. The topological polar surface area (TPSA) is 70.1 Å². The average Bonchev–Trinajstić information content (AvgIpc) is 2.97. The number of amides is 1. The Morgan fingerprint density at radius 1 is 1.19 bits per heavy atom. The van der Waals surface area contributed by atoms with Gasteiger partial charge < -0.3 is 15.2 Å². The van der Waals surface area contributed by atoms with E-state index in [1.165, 1.54) is 0 Å². The van der Waals surface area contributed by atoms with Crippen LogP contribution in [0, 0.1) is 0 Å². The number of H-pyrrole nitrogens is 1. The number of rotatable bonds is 6. The van der Waals surface area contributed by atoms with Gasteiger partial charge >= 0.3 is 11.7 Å². The van der Waals surface area contributed by atoms with Gasteiger partial charge in [0.2, 0.25) is 0 Å². The van der Waals surface area contributed by atoms with Crippen molar-refractivity contribution in [3.05, 3.63) is 63.5 Å². The molecule has 0 atom stereocenters. The zero-order chi connectivity index (χ0) is 19.4. The molecule has 7 heteroatoms. The van der Waals surface area contributed by atoms with E-state index in [2.05, 4.69) is 29.0 Å². The Labute approximate surface area is 162 Å². The predicted molar refractivity (Wildman–Crippen MR) is 110 cm³/mol. The largest absolute Gasteiger partial charge is 0.334 e. The summed E-state index contributed by atoms with van der Waals surface area (Å²) in [4.78, 5) is 30.1. The molecule has 142 valence electrons. The molecule has 0 bridgehead atoms. The van der Waals surface area contributed by atoms with E-state index in [1.54, 1.807) is 24.3 Å². The highest BCUT2D eigenvalue weighted by Gasteiger charge is 2.15. The minimum absolute atomic E-state index is 0.467. The molecule has 27 heavy (non-hydrogen) atoms. The van der Waals surface area contributed by atoms with E-state index in [1.807, 2.05) is 18.2 Å². The molecule has 0 unspecified atom stereocenters. The fraction of sp³-hybridized carbons (Fsp3) is 0.300. The van der Waals surface area contributed by atoms with E-state index in [0.717, 1.165) is 36.2 Å². The van der Waals surface area contributed by atoms with Gasteiger partial charge in [-0.15, -0.1) is 0 Å². The summed E-state index contributed by atoms with van der Waals surface area (Å²) in [6.45, 7) is 7.19. The van der Waals surface area contributed by atoms with Gasteiger partial charge in [-0.3, -0.25) is 0 Å². The van der Waals surface area contributed by atoms with Crippen molar-refractivity contribution in [3.63, 3.8) is 0 Å². The normalized spacial score (nSPS) is 11.3. The van der Waals surface area contributed by atoms with E-state index in [0.29, 0.717) is 21.7 Å². The Hall–Kier alpha value is -2.57. The predicted octanol–water partition coefficient (Wildman–Crippen LogP) is 3.95. The third-order valence-corrected chi connectivity index (χ3v) is 4.87. The lowest BCUT2D eigenvalue weighted by molar-refractivity contribution is 0.253. The van der Waals surface area contributed by atoms with Crippen LogP contribution in [-0.2, 0) is 6.42 Å². The van der Waals surface area contributed by atoms with E-state index < -0.39 is 11.7 Å². The van der Waals surface area contributed by atoms with Gasteiger partial charge in [-0.05, 0) is 55.4 Å². The van der Waals surface area contributed by atoms with Gasteiger partial charge in [0.05, 0.1) is 11.0 Å². The second-order valence-electron chi connectivity index (χ2n) is 6.33. The lowest BCUT2D eigenvalue weighted by Gasteiger charge is -2.17. The van der Waals surface area contributed by atoms with Crippen LogP contribution in [0.1, 0.15) is 19.4 Å². The first-order valence-corrected chi connectivity index (χ1v) is 9.42. The number of nitrogens with zero attached hydrogens (tertiary/aromatic N) is 2. The number of hydrogen-bond acceptors (Lipinski definition) is 3. The molecule has 2 aromatic carbocycles. The Morgan fingerprint density at radius 2 is 1.96 bits per heavy atom. The van der Waals surface area contributed by atoms with Crippen LogP contribution in [-0.4, -0.2) is 40.1 Å². The highest BCUT2D eigenvalue weighted by Crippen LogP contribution is 2.17. The van der Waals surface area contributed by atoms with Crippen molar-refractivity contribution in [1.82, 2.24) is 14.5 Å². The first-order chi connectivity index (χ1) is 13.0. The van der Waals surface area contributed by atoms with Gasteiger partial charge in [0.15, 0.2) is 0 Å². The molecule has 0 saturated heterocycles. The molecular formula is C20H23ClN4O2. The van der Waals surface area contributed by atoms with Gasteiger partial charge in [0.25, 0.3) is 0 Å². The maximum atomic E-state index is 12.7. The number of anilines is 1. The highest BCUT2D eigenvalue weighted by molar-refractivity contribution is 6.30. The van der Waals surface area contributed by atoms with E-state index >= 15 is 0 Å². The van der Waals surface area contributed by atoms with Crippen molar-refractivity contribution in [3.8, 4) is 0 Å². The number of nitrogens with one attached hydrogen (secondary N) is 2. The van der Waals surface area contributed by atoms with Gasteiger partial charge in [-0.1, -0.05) is 37.6 Å². The molecule has 2 N–H and O–H groups in total. The zero-order valence-electron chi connectivity index (χ0n) is 15.5. The second kappa shape index (κ2) is 8.41. The summed E-state index contributed by atoms with van der Waals surface area (Å²) in [5.41, 5.74) is 2.35.